The Bertz CT molecular complexity index is 1120. The molecule has 2 unspecified atom stereocenters. The lowest BCUT2D eigenvalue weighted by Gasteiger charge is -2.18. The molecule has 0 aliphatic carbocycles. The second-order valence-electron chi connectivity index (χ2n) is 7.52. The van der Waals surface area contributed by atoms with Gasteiger partial charge in [0.05, 0.1) is 11.6 Å². The van der Waals surface area contributed by atoms with Crippen molar-refractivity contribution in [2.24, 2.45) is 0 Å². The molecule has 0 radical (unpaired) electrons. The van der Waals surface area contributed by atoms with Crippen molar-refractivity contribution in [3.05, 3.63) is 89.7 Å². The fraction of sp³-hybridized carbons (Fsp3) is 0.192. The SMILES string of the molecule is CC(=O)Oc1ccc(-c2ccc(C(=O)OC(C)C(=O)NC(C)c3ccc(F)cc3)cc2)cc1. The topological polar surface area (TPSA) is 81.7 Å². The number of carbonyl (C=O) groups excluding carboxylic acids is 3. The van der Waals surface area contributed by atoms with Crippen molar-refractivity contribution in [3.63, 3.8) is 0 Å². The first kappa shape index (κ1) is 23.7. The first-order valence-electron chi connectivity index (χ1n) is 10.4. The number of nitrogens with one attached hydrogen (secondary N) is 1. The van der Waals surface area contributed by atoms with E-state index in [0.29, 0.717) is 11.3 Å². The van der Waals surface area contributed by atoms with Gasteiger partial charge in [-0.05, 0) is 66.9 Å². The quantitative estimate of drug-likeness (QED) is 0.412. The van der Waals surface area contributed by atoms with Crippen LogP contribution in [0.4, 0.5) is 4.39 Å². The number of benzene rings is 3. The Kier molecular flexibility index (Phi) is 7.56. The van der Waals surface area contributed by atoms with E-state index in [4.69, 9.17) is 9.47 Å². The lowest BCUT2D eigenvalue weighted by atomic mass is 10.0. The summed E-state index contributed by atoms with van der Waals surface area (Å²) in [7, 11) is 0. The van der Waals surface area contributed by atoms with Gasteiger partial charge in [0.2, 0.25) is 0 Å². The van der Waals surface area contributed by atoms with Crippen molar-refractivity contribution in [3.8, 4) is 16.9 Å². The molecule has 3 aromatic rings. The van der Waals surface area contributed by atoms with E-state index >= 15 is 0 Å². The summed E-state index contributed by atoms with van der Waals surface area (Å²) in [6.45, 7) is 4.59. The van der Waals surface area contributed by atoms with E-state index in [1.807, 2.05) is 0 Å². The minimum Gasteiger partial charge on any atom is -0.449 e. The van der Waals surface area contributed by atoms with Crippen LogP contribution in [0.25, 0.3) is 11.1 Å². The van der Waals surface area contributed by atoms with Crippen molar-refractivity contribution < 1.29 is 28.2 Å². The highest BCUT2D eigenvalue weighted by Gasteiger charge is 2.21. The molecule has 3 rings (SSSR count). The van der Waals surface area contributed by atoms with E-state index in [-0.39, 0.29) is 11.9 Å². The van der Waals surface area contributed by atoms with Crippen LogP contribution in [0.3, 0.4) is 0 Å². The lowest BCUT2D eigenvalue weighted by Crippen LogP contribution is -2.37. The fourth-order valence-electron chi connectivity index (χ4n) is 3.13. The molecule has 170 valence electrons. The molecular weight excluding hydrogens is 425 g/mol. The molecule has 0 fully saturated rings. The van der Waals surface area contributed by atoms with Crippen molar-refractivity contribution in [1.29, 1.82) is 0 Å². The molecule has 0 aliphatic rings. The largest absolute Gasteiger partial charge is 0.449 e. The number of esters is 2. The standard InChI is InChI=1S/C26H24FNO5/c1-16(19-8-12-23(27)13-9-19)28-25(30)17(2)32-26(31)22-6-4-20(5-7-22)21-10-14-24(15-11-21)33-18(3)29/h4-17H,1-3H3,(H,28,30). The molecule has 0 bridgehead atoms. The minimum atomic E-state index is -1.01. The third-order valence-corrected chi connectivity index (χ3v) is 4.95. The molecule has 0 aliphatic heterocycles. The molecule has 0 aromatic heterocycles. The Labute approximate surface area is 191 Å². The number of amides is 1. The van der Waals surface area contributed by atoms with Crippen LogP contribution in [0, 0.1) is 5.82 Å². The molecule has 0 spiro atoms. The van der Waals surface area contributed by atoms with E-state index in [2.05, 4.69) is 5.32 Å². The second kappa shape index (κ2) is 10.5. The van der Waals surface area contributed by atoms with Gasteiger partial charge in [-0.15, -0.1) is 0 Å². The predicted octanol–water partition coefficient (Wildman–Crippen LogP) is 4.84. The van der Waals surface area contributed by atoms with Crippen LogP contribution < -0.4 is 10.1 Å². The first-order valence-corrected chi connectivity index (χ1v) is 10.4. The maximum atomic E-state index is 13.1. The minimum absolute atomic E-state index is 0.307. The van der Waals surface area contributed by atoms with Gasteiger partial charge in [-0.25, -0.2) is 9.18 Å². The number of ether oxygens (including phenoxy) is 2. The van der Waals surface area contributed by atoms with Crippen LogP contribution in [0.5, 0.6) is 5.75 Å². The van der Waals surface area contributed by atoms with Gasteiger partial charge in [0.1, 0.15) is 11.6 Å². The van der Waals surface area contributed by atoms with Crippen molar-refractivity contribution in [2.75, 3.05) is 0 Å². The molecule has 3 aromatic carbocycles. The van der Waals surface area contributed by atoms with E-state index in [9.17, 15) is 18.8 Å². The Morgan fingerprint density at radius 3 is 1.91 bits per heavy atom. The first-order chi connectivity index (χ1) is 15.7. The van der Waals surface area contributed by atoms with Gasteiger partial charge >= 0.3 is 11.9 Å². The normalized spacial score (nSPS) is 12.4. The van der Waals surface area contributed by atoms with Crippen LogP contribution in [-0.4, -0.2) is 23.9 Å². The fourth-order valence-corrected chi connectivity index (χ4v) is 3.13. The zero-order chi connectivity index (χ0) is 24.0. The highest BCUT2D eigenvalue weighted by Crippen LogP contribution is 2.23. The summed E-state index contributed by atoms with van der Waals surface area (Å²) in [5.41, 5.74) is 2.79. The Hall–Kier alpha value is -4.00. The van der Waals surface area contributed by atoms with Gasteiger partial charge in [-0.3, -0.25) is 9.59 Å². The molecule has 0 saturated heterocycles. The van der Waals surface area contributed by atoms with E-state index in [1.165, 1.54) is 26.0 Å². The Balaban J connectivity index is 1.57. The summed E-state index contributed by atoms with van der Waals surface area (Å²) in [6, 6.07) is 19.2. The molecule has 2 atom stereocenters. The zero-order valence-corrected chi connectivity index (χ0v) is 18.5. The maximum absolute atomic E-state index is 13.1. The summed E-state index contributed by atoms with van der Waals surface area (Å²) in [4.78, 5) is 35.9. The van der Waals surface area contributed by atoms with Crippen LogP contribution in [0.2, 0.25) is 0 Å². The van der Waals surface area contributed by atoms with Crippen LogP contribution in [0.1, 0.15) is 42.7 Å². The monoisotopic (exact) mass is 449 g/mol. The second-order valence-corrected chi connectivity index (χ2v) is 7.52. The highest BCUT2D eigenvalue weighted by molar-refractivity contribution is 5.92. The molecule has 0 heterocycles. The Morgan fingerprint density at radius 2 is 1.36 bits per heavy atom. The number of hydrogen-bond acceptors (Lipinski definition) is 5. The number of carbonyl (C=O) groups is 3. The van der Waals surface area contributed by atoms with Crippen LogP contribution in [0.15, 0.2) is 72.8 Å². The molecule has 1 amide bonds. The Morgan fingerprint density at radius 1 is 0.818 bits per heavy atom. The molecule has 1 N–H and O–H groups in total. The average Bonchev–Trinajstić information content (AvgIpc) is 2.79. The summed E-state index contributed by atoms with van der Waals surface area (Å²) >= 11 is 0. The summed E-state index contributed by atoms with van der Waals surface area (Å²) < 4.78 is 23.4. The molecular formula is C26H24FNO5. The van der Waals surface area contributed by atoms with Crippen LogP contribution >= 0.6 is 0 Å². The average molecular weight is 449 g/mol. The maximum Gasteiger partial charge on any atom is 0.338 e. The number of halogens is 1. The number of rotatable bonds is 7. The van der Waals surface area contributed by atoms with E-state index < -0.39 is 23.9 Å². The van der Waals surface area contributed by atoms with Crippen molar-refractivity contribution in [2.45, 2.75) is 32.9 Å². The molecule has 7 heteroatoms. The number of hydrogen-bond donors (Lipinski definition) is 1. The molecule has 6 nitrogen and oxygen atoms in total. The van der Waals surface area contributed by atoms with Gasteiger partial charge in [0.15, 0.2) is 6.10 Å². The predicted molar refractivity (Wildman–Crippen MR) is 121 cm³/mol. The van der Waals surface area contributed by atoms with Crippen LogP contribution in [-0.2, 0) is 14.3 Å². The van der Waals surface area contributed by atoms with E-state index in [1.54, 1.807) is 67.6 Å². The summed E-state index contributed by atoms with van der Waals surface area (Å²) in [5, 5.41) is 2.75. The smallest absolute Gasteiger partial charge is 0.338 e. The van der Waals surface area contributed by atoms with Crippen molar-refractivity contribution >= 4 is 17.8 Å². The third-order valence-electron chi connectivity index (χ3n) is 4.95. The van der Waals surface area contributed by atoms with Gasteiger partial charge in [-0.2, -0.15) is 0 Å². The molecule has 0 saturated carbocycles. The van der Waals surface area contributed by atoms with Gasteiger partial charge in [0.25, 0.3) is 5.91 Å². The van der Waals surface area contributed by atoms with Gasteiger partial charge < -0.3 is 14.8 Å². The molecule has 33 heavy (non-hydrogen) atoms. The van der Waals surface area contributed by atoms with Gasteiger partial charge in [0, 0.05) is 6.92 Å². The highest BCUT2D eigenvalue weighted by atomic mass is 19.1. The van der Waals surface area contributed by atoms with Gasteiger partial charge in [-0.1, -0.05) is 36.4 Å². The summed E-state index contributed by atoms with van der Waals surface area (Å²) in [5.74, 6) is -1.37. The van der Waals surface area contributed by atoms with Crippen molar-refractivity contribution in [1.82, 2.24) is 5.32 Å². The van der Waals surface area contributed by atoms with E-state index in [0.717, 1.165) is 16.7 Å². The zero-order valence-electron chi connectivity index (χ0n) is 18.5. The summed E-state index contributed by atoms with van der Waals surface area (Å²) in [6.07, 6.45) is -1.01. The third kappa shape index (κ3) is 6.49. The lowest BCUT2D eigenvalue weighted by molar-refractivity contribution is -0.132.